The van der Waals surface area contributed by atoms with Crippen LogP contribution >= 0.6 is 0 Å². The Labute approximate surface area is 78.4 Å². The van der Waals surface area contributed by atoms with Crippen LogP contribution < -0.4 is 4.74 Å². The highest BCUT2D eigenvalue weighted by molar-refractivity contribution is 5.31. The van der Waals surface area contributed by atoms with Crippen LogP contribution in [0.15, 0.2) is 18.5 Å². The molecule has 13 heavy (non-hydrogen) atoms. The molecule has 0 aromatic carbocycles. The van der Waals surface area contributed by atoms with E-state index >= 15 is 0 Å². The van der Waals surface area contributed by atoms with Crippen molar-refractivity contribution in [2.45, 2.75) is 20.0 Å². The quantitative estimate of drug-likeness (QED) is 0.772. The van der Waals surface area contributed by atoms with Crippen molar-refractivity contribution >= 4 is 0 Å². The first kappa shape index (κ1) is 9.99. The summed E-state index contributed by atoms with van der Waals surface area (Å²) < 4.78 is 5.09. The van der Waals surface area contributed by atoms with Gasteiger partial charge < -0.3 is 9.84 Å². The molecule has 3 heteroatoms. The van der Waals surface area contributed by atoms with Crippen LogP contribution in [0.4, 0.5) is 0 Å². The second kappa shape index (κ2) is 4.23. The number of hydrogen-bond donors (Lipinski definition) is 1. The maximum absolute atomic E-state index is 9.80. The molecule has 1 N–H and O–H groups in total. The number of aliphatic hydroxyl groups is 1. The van der Waals surface area contributed by atoms with Crippen LogP contribution in [-0.4, -0.2) is 17.2 Å². The standard InChI is InChI=1S/C10H15NO2/c1-7(2)10(12)8-4-5-11-6-9(8)13-3/h4-7,10,12H,1-3H3. The Balaban J connectivity index is 2.98. The van der Waals surface area contributed by atoms with E-state index in [-0.39, 0.29) is 5.92 Å². The van der Waals surface area contributed by atoms with Gasteiger partial charge in [0.1, 0.15) is 5.75 Å². The van der Waals surface area contributed by atoms with Crippen molar-refractivity contribution in [2.24, 2.45) is 5.92 Å². The van der Waals surface area contributed by atoms with Gasteiger partial charge >= 0.3 is 0 Å². The van der Waals surface area contributed by atoms with Crippen molar-refractivity contribution in [1.82, 2.24) is 4.98 Å². The summed E-state index contributed by atoms with van der Waals surface area (Å²) in [5.74, 6) is 0.819. The second-order valence-electron chi connectivity index (χ2n) is 3.31. The topological polar surface area (TPSA) is 42.4 Å². The molecule has 0 radical (unpaired) electrons. The van der Waals surface area contributed by atoms with E-state index < -0.39 is 6.10 Å². The molecule has 0 saturated carbocycles. The fourth-order valence-corrected chi connectivity index (χ4v) is 1.16. The van der Waals surface area contributed by atoms with Crippen LogP contribution in [-0.2, 0) is 0 Å². The van der Waals surface area contributed by atoms with Gasteiger partial charge in [-0.25, -0.2) is 0 Å². The van der Waals surface area contributed by atoms with Crippen LogP contribution in [0.5, 0.6) is 5.75 Å². The predicted octanol–water partition coefficient (Wildman–Crippen LogP) is 1.78. The van der Waals surface area contributed by atoms with Gasteiger partial charge in [-0.05, 0) is 12.0 Å². The van der Waals surface area contributed by atoms with Crippen LogP contribution in [0.3, 0.4) is 0 Å². The van der Waals surface area contributed by atoms with Gasteiger partial charge in [0.2, 0.25) is 0 Å². The van der Waals surface area contributed by atoms with Crippen LogP contribution in [0.1, 0.15) is 25.5 Å². The highest BCUT2D eigenvalue weighted by Crippen LogP contribution is 2.28. The molecule has 0 bridgehead atoms. The lowest BCUT2D eigenvalue weighted by Crippen LogP contribution is -2.07. The van der Waals surface area contributed by atoms with Crippen molar-refractivity contribution in [2.75, 3.05) is 7.11 Å². The van der Waals surface area contributed by atoms with E-state index in [9.17, 15) is 5.11 Å². The van der Waals surface area contributed by atoms with Gasteiger partial charge in [-0.1, -0.05) is 13.8 Å². The number of ether oxygens (including phenoxy) is 1. The van der Waals surface area contributed by atoms with Crippen molar-refractivity contribution in [3.05, 3.63) is 24.0 Å². The summed E-state index contributed by atoms with van der Waals surface area (Å²) in [7, 11) is 1.58. The average Bonchev–Trinajstić information content (AvgIpc) is 2.16. The SMILES string of the molecule is COc1cnccc1C(O)C(C)C. The molecule has 1 unspecified atom stereocenters. The van der Waals surface area contributed by atoms with Gasteiger partial charge in [0.25, 0.3) is 0 Å². The van der Waals surface area contributed by atoms with Crippen molar-refractivity contribution in [3.63, 3.8) is 0 Å². The van der Waals surface area contributed by atoms with Crippen LogP contribution in [0.2, 0.25) is 0 Å². The highest BCUT2D eigenvalue weighted by atomic mass is 16.5. The maximum atomic E-state index is 9.80. The first-order chi connectivity index (χ1) is 6.16. The molecule has 1 aromatic heterocycles. The van der Waals surface area contributed by atoms with Gasteiger partial charge in [-0.3, -0.25) is 4.98 Å². The minimum absolute atomic E-state index is 0.177. The fraction of sp³-hybridized carbons (Fsp3) is 0.500. The number of nitrogens with zero attached hydrogens (tertiary/aromatic N) is 1. The molecular formula is C10H15NO2. The summed E-state index contributed by atoms with van der Waals surface area (Å²) in [6, 6.07) is 1.78. The van der Waals surface area contributed by atoms with E-state index in [2.05, 4.69) is 4.98 Å². The highest BCUT2D eigenvalue weighted by Gasteiger charge is 2.15. The molecule has 0 amide bonds. The molecule has 0 spiro atoms. The summed E-state index contributed by atoms with van der Waals surface area (Å²) >= 11 is 0. The molecule has 1 heterocycles. The Bertz CT molecular complexity index is 273. The molecular weight excluding hydrogens is 166 g/mol. The maximum Gasteiger partial charge on any atom is 0.142 e. The third-order valence-corrected chi connectivity index (χ3v) is 1.99. The minimum atomic E-state index is -0.488. The summed E-state index contributed by atoms with van der Waals surface area (Å²) in [5.41, 5.74) is 0.799. The Kier molecular flexibility index (Phi) is 3.25. The summed E-state index contributed by atoms with van der Waals surface area (Å²) in [4.78, 5) is 3.92. The molecule has 0 aliphatic rings. The number of hydrogen-bond acceptors (Lipinski definition) is 3. The lowest BCUT2D eigenvalue weighted by Gasteiger charge is -2.16. The summed E-state index contributed by atoms with van der Waals surface area (Å²) in [5, 5.41) is 9.80. The van der Waals surface area contributed by atoms with Crippen molar-refractivity contribution < 1.29 is 9.84 Å². The third kappa shape index (κ3) is 2.18. The van der Waals surface area contributed by atoms with Crippen molar-refractivity contribution in [3.8, 4) is 5.75 Å². The Hall–Kier alpha value is -1.09. The van der Waals surface area contributed by atoms with Crippen LogP contribution in [0.25, 0.3) is 0 Å². The van der Waals surface area contributed by atoms with Gasteiger partial charge in [-0.15, -0.1) is 0 Å². The minimum Gasteiger partial charge on any atom is -0.495 e. The molecule has 72 valence electrons. The molecule has 1 rings (SSSR count). The number of aromatic nitrogens is 1. The van der Waals surface area contributed by atoms with Gasteiger partial charge in [0, 0.05) is 11.8 Å². The smallest absolute Gasteiger partial charge is 0.142 e. The van der Waals surface area contributed by atoms with Gasteiger partial charge in [0.15, 0.2) is 0 Å². The molecule has 3 nitrogen and oxygen atoms in total. The van der Waals surface area contributed by atoms with Crippen LogP contribution in [0, 0.1) is 5.92 Å². The van der Waals surface area contributed by atoms with Gasteiger partial charge in [0.05, 0.1) is 19.4 Å². The first-order valence-electron chi connectivity index (χ1n) is 4.32. The number of methoxy groups -OCH3 is 1. The zero-order valence-corrected chi connectivity index (χ0v) is 8.19. The Morgan fingerprint density at radius 3 is 2.69 bits per heavy atom. The molecule has 0 aliphatic carbocycles. The van der Waals surface area contributed by atoms with E-state index in [1.807, 2.05) is 13.8 Å². The second-order valence-corrected chi connectivity index (χ2v) is 3.31. The zero-order chi connectivity index (χ0) is 9.84. The first-order valence-corrected chi connectivity index (χ1v) is 4.32. The van der Waals surface area contributed by atoms with Crippen molar-refractivity contribution in [1.29, 1.82) is 0 Å². The summed E-state index contributed by atoms with van der Waals surface area (Å²) in [6.07, 6.45) is 2.78. The van der Waals surface area contributed by atoms with E-state index in [4.69, 9.17) is 4.74 Å². The molecule has 1 aromatic rings. The van der Waals surface area contributed by atoms with Gasteiger partial charge in [-0.2, -0.15) is 0 Å². The monoisotopic (exact) mass is 181 g/mol. The van der Waals surface area contributed by atoms with E-state index in [1.54, 1.807) is 25.6 Å². The predicted molar refractivity (Wildman–Crippen MR) is 50.6 cm³/mol. The molecule has 1 atom stereocenters. The largest absolute Gasteiger partial charge is 0.495 e. The van der Waals surface area contributed by atoms with E-state index in [0.29, 0.717) is 5.75 Å². The lowest BCUT2D eigenvalue weighted by atomic mass is 10.00. The average molecular weight is 181 g/mol. The molecule has 0 fully saturated rings. The Morgan fingerprint density at radius 1 is 1.46 bits per heavy atom. The van der Waals surface area contributed by atoms with E-state index in [0.717, 1.165) is 5.56 Å². The number of rotatable bonds is 3. The number of aliphatic hydroxyl groups excluding tert-OH is 1. The number of pyridine rings is 1. The molecule has 0 aliphatic heterocycles. The fourth-order valence-electron chi connectivity index (χ4n) is 1.16. The zero-order valence-electron chi connectivity index (χ0n) is 8.19. The van der Waals surface area contributed by atoms with E-state index in [1.165, 1.54) is 0 Å². The normalized spacial score (nSPS) is 13.0. The molecule has 0 saturated heterocycles. The lowest BCUT2D eigenvalue weighted by molar-refractivity contribution is 0.123. The Morgan fingerprint density at radius 2 is 2.15 bits per heavy atom. The third-order valence-electron chi connectivity index (χ3n) is 1.99. The summed E-state index contributed by atoms with van der Waals surface area (Å²) in [6.45, 7) is 3.93.